The SMILES string of the molecule is CC(C(=O)NCO)P(C(C)C(=O)NCO)C(C)C(=O)NCO. The van der Waals surface area contributed by atoms with E-state index >= 15 is 0 Å². The minimum absolute atomic E-state index is 0.471. The Morgan fingerprint density at radius 3 is 1.14 bits per heavy atom. The molecular weight excluding hydrogens is 313 g/mol. The van der Waals surface area contributed by atoms with Crippen LogP contribution >= 0.6 is 7.92 Å². The average Bonchev–Trinajstić information content (AvgIpc) is 2.47. The molecule has 10 heteroatoms. The van der Waals surface area contributed by atoms with E-state index in [1.807, 2.05) is 0 Å². The molecule has 0 aliphatic carbocycles. The van der Waals surface area contributed by atoms with Crippen LogP contribution in [0.1, 0.15) is 20.8 Å². The van der Waals surface area contributed by atoms with Gasteiger partial charge in [-0.15, -0.1) is 0 Å². The highest BCUT2D eigenvalue weighted by Crippen LogP contribution is 2.51. The molecule has 0 aromatic rings. The smallest absolute Gasteiger partial charge is 0.228 e. The predicted molar refractivity (Wildman–Crippen MR) is 81.0 cm³/mol. The van der Waals surface area contributed by atoms with Gasteiger partial charge in [-0.25, -0.2) is 0 Å². The molecule has 3 unspecified atom stereocenters. The van der Waals surface area contributed by atoms with Crippen molar-refractivity contribution >= 4 is 25.6 Å². The quantitative estimate of drug-likeness (QED) is 0.208. The van der Waals surface area contributed by atoms with Gasteiger partial charge in [0.2, 0.25) is 17.7 Å². The van der Waals surface area contributed by atoms with Crippen LogP contribution in [0.4, 0.5) is 0 Å². The molecule has 0 aromatic carbocycles. The van der Waals surface area contributed by atoms with Crippen LogP contribution in [0.2, 0.25) is 0 Å². The second-order valence-corrected chi connectivity index (χ2v) is 7.79. The second-order valence-electron chi connectivity index (χ2n) is 4.57. The number of aliphatic hydroxyl groups is 3. The number of carbonyl (C=O) groups excluding carboxylic acids is 3. The van der Waals surface area contributed by atoms with Crippen molar-refractivity contribution in [3.63, 3.8) is 0 Å². The molecule has 3 amide bonds. The summed E-state index contributed by atoms with van der Waals surface area (Å²) in [6.07, 6.45) is 0. The predicted octanol–water partition coefficient (Wildman–Crippen LogP) is -2.17. The summed E-state index contributed by atoms with van der Waals surface area (Å²) in [7, 11) is -1.47. The summed E-state index contributed by atoms with van der Waals surface area (Å²) in [5, 5.41) is 33.1. The molecule has 22 heavy (non-hydrogen) atoms. The number of hydrogen-bond donors (Lipinski definition) is 6. The lowest BCUT2D eigenvalue weighted by Crippen LogP contribution is -2.43. The maximum Gasteiger partial charge on any atom is 0.228 e. The van der Waals surface area contributed by atoms with E-state index in [0.29, 0.717) is 0 Å². The fraction of sp³-hybridized carbons (Fsp3) is 0.750. The first kappa shape index (κ1) is 20.7. The van der Waals surface area contributed by atoms with Gasteiger partial charge < -0.3 is 31.3 Å². The van der Waals surface area contributed by atoms with E-state index in [-0.39, 0.29) is 0 Å². The lowest BCUT2D eigenvalue weighted by Gasteiger charge is -2.32. The molecule has 0 aliphatic rings. The van der Waals surface area contributed by atoms with Gasteiger partial charge in [-0.2, -0.15) is 0 Å². The number of hydrogen-bond acceptors (Lipinski definition) is 6. The van der Waals surface area contributed by atoms with Crippen LogP contribution in [0.3, 0.4) is 0 Å². The zero-order valence-electron chi connectivity index (χ0n) is 12.9. The van der Waals surface area contributed by atoms with Crippen LogP contribution in [0.15, 0.2) is 0 Å². The van der Waals surface area contributed by atoms with Crippen LogP contribution in [0.25, 0.3) is 0 Å². The second kappa shape index (κ2) is 10.4. The summed E-state index contributed by atoms with van der Waals surface area (Å²) in [6.45, 7) is 3.09. The summed E-state index contributed by atoms with van der Waals surface area (Å²) in [4.78, 5) is 35.8. The standard InChI is InChI=1S/C12H24N3O6P/c1-7(10(19)13-4-16)22(8(2)11(20)14-5-17)9(3)12(21)15-6-18/h7-9,16-18H,4-6H2,1-3H3,(H,13,19)(H,14,20)(H,15,21). The van der Waals surface area contributed by atoms with Crippen LogP contribution in [-0.4, -0.2) is 70.2 Å². The van der Waals surface area contributed by atoms with Gasteiger partial charge in [0.25, 0.3) is 0 Å². The third-order valence-electron chi connectivity index (χ3n) is 3.24. The Balaban J connectivity index is 5.33. The van der Waals surface area contributed by atoms with Crippen LogP contribution in [-0.2, 0) is 14.4 Å². The van der Waals surface area contributed by atoms with E-state index in [1.54, 1.807) is 20.8 Å². The van der Waals surface area contributed by atoms with Crippen LogP contribution in [0, 0.1) is 0 Å². The van der Waals surface area contributed by atoms with E-state index in [0.717, 1.165) is 0 Å². The average molecular weight is 337 g/mol. The van der Waals surface area contributed by atoms with Gasteiger partial charge in [0.05, 0.1) is 17.0 Å². The van der Waals surface area contributed by atoms with Crippen LogP contribution < -0.4 is 16.0 Å². The molecule has 6 N–H and O–H groups in total. The van der Waals surface area contributed by atoms with E-state index in [4.69, 9.17) is 15.3 Å². The minimum Gasteiger partial charge on any atom is -0.377 e. The van der Waals surface area contributed by atoms with Gasteiger partial charge in [-0.1, -0.05) is 7.92 Å². The number of nitrogens with one attached hydrogen (secondary N) is 3. The molecule has 9 nitrogen and oxygen atoms in total. The third kappa shape index (κ3) is 5.84. The Morgan fingerprint density at radius 2 is 0.955 bits per heavy atom. The van der Waals surface area contributed by atoms with Crippen molar-refractivity contribution in [3.8, 4) is 0 Å². The molecule has 0 saturated heterocycles. The topological polar surface area (TPSA) is 148 Å². The molecule has 0 saturated carbocycles. The Morgan fingerprint density at radius 1 is 0.727 bits per heavy atom. The highest BCUT2D eigenvalue weighted by molar-refractivity contribution is 7.62. The number of amides is 3. The minimum atomic E-state index is -1.47. The van der Waals surface area contributed by atoms with Gasteiger partial charge >= 0.3 is 0 Å². The van der Waals surface area contributed by atoms with Crippen molar-refractivity contribution < 1.29 is 29.7 Å². The lowest BCUT2D eigenvalue weighted by atomic mass is 10.4. The van der Waals surface area contributed by atoms with Crippen molar-refractivity contribution in [1.29, 1.82) is 0 Å². The first-order valence-corrected chi connectivity index (χ1v) is 8.29. The molecule has 0 aliphatic heterocycles. The van der Waals surface area contributed by atoms with Crippen molar-refractivity contribution in [2.45, 2.75) is 37.7 Å². The highest BCUT2D eigenvalue weighted by atomic mass is 31.1. The first-order valence-electron chi connectivity index (χ1n) is 6.74. The van der Waals surface area contributed by atoms with Gasteiger partial charge in [0.15, 0.2) is 0 Å². The third-order valence-corrected chi connectivity index (χ3v) is 6.63. The van der Waals surface area contributed by atoms with Crippen LogP contribution in [0.5, 0.6) is 0 Å². The highest BCUT2D eigenvalue weighted by Gasteiger charge is 2.38. The number of rotatable bonds is 9. The fourth-order valence-electron chi connectivity index (χ4n) is 2.09. The van der Waals surface area contributed by atoms with Gasteiger partial charge in [-0.05, 0) is 20.8 Å². The van der Waals surface area contributed by atoms with E-state index < -0.39 is 62.8 Å². The fourth-order valence-corrected chi connectivity index (χ4v) is 5.19. The van der Waals surface area contributed by atoms with E-state index in [9.17, 15) is 14.4 Å². The maximum absolute atomic E-state index is 11.9. The summed E-state index contributed by atoms with van der Waals surface area (Å²) in [6, 6.07) is 0. The lowest BCUT2D eigenvalue weighted by molar-refractivity contribution is -0.121. The molecule has 0 aromatic heterocycles. The molecule has 0 rings (SSSR count). The van der Waals surface area contributed by atoms with Gasteiger partial charge in [-0.3, -0.25) is 14.4 Å². The Bertz CT molecular complexity index is 338. The van der Waals surface area contributed by atoms with Gasteiger partial charge in [0.1, 0.15) is 20.2 Å². The molecular formula is C12H24N3O6P. The first-order chi connectivity index (χ1) is 10.3. The summed E-state index contributed by atoms with van der Waals surface area (Å²) in [5.41, 5.74) is -2.04. The van der Waals surface area contributed by atoms with Crippen molar-refractivity contribution in [3.05, 3.63) is 0 Å². The number of carbonyl (C=O) groups is 3. The van der Waals surface area contributed by atoms with E-state index in [1.165, 1.54) is 0 Å². The zero-order chi connectivity index (χ0) is 17.3. The Labute approximate surface area is 130 Å². The zero-order valence-corrected chi connectivity index (χ0v) is 13.8. The monoisotopic (exact) mass is 337 g/mol. The molecule has 0 radical (unpaired) electrons. The van der Waals surface area contributed by atoms with Crippen molar-refractivity contribution in [1.82, 2.24) is 16.0 Å². The largest absolute Gasteiger partial charge is 0.377 e. The molecule has 0 fully saturated rings. The summed E-state index contributed by atoms with van der Waals surface area (Å²) < 4.78 is 0. The van der Waals surface area contributed by atoms with Crippen molar-refractivity contribution in [2.75, 3.05) is 20.2 Å². The number of aliphatic hydroxyl groups excluding tert-OH is 3. The molecule has 0 spiro atoms. The molecule has 128 valence electrons. The maximum atomic E-state index is 11.9. The normalized spacial score (nSPS) is 16.1. The summed E-state index contributed by atoms with van der Waals surface area (Å²) in [5.74, 6) is -1.41. The Kier molecular flexibility index (Phi) is 9.84. The van der Waals surface area contributed by atoms with Gasteiger partial charge in [0, 0.05) is 0 Å². The molecule has 0 heterocycles. The Hall–Kier alpha value is -1.28. The van der Waals surface area contributed by atoms with E-state index in [2.05, 4.69) is 16.0 Å². The van der Waals surface area contributed by atoms with Crippen molar-refractivity contribution in [2.24, 2.45) is 0 Å². The molecule has 0 bridgehead atoms. The molecule has 3 atom stereocenters. The summed E-state index contributed by atoms with van der Waals surface area (Å²) >= 11 is 0.